The Balaban J connectivity index is 0. The van der Waals surface area contributed by atoms with Crippen LogP contribution in [-0.4, -0.2) is 48.9 Å². The van der Waals surface area contributed by atoms with Gasteiger partial charge in [-0.05, 0) is 0 Å². The zero-order chi connectivity index (χ0) is 0. The molecule has 0 unspecified atom stereocenters. The summed E-state index contributed by atoms with van der Waals surface area (Å²) >= 11 is 0. The van der Waals surface area contributed by atoms with Crippen LogP contribution in [0.3, 0.4) is 0 Å². The van der Waals surface area contributed by atoms with Gasteiger partial charge in [-0.2, -0.15) is 0 Å². The van der Waals surface area contributed by atoms with E-state index in [9.17, 15) is 0 Å². The van der Waals surface area contributed by atoms with E-state index in [0.717, 1.165) is 0 Å². The number of rotatable bonds is 0. The fourth-order valence-corrected chi connectivity index (χ4v) is 0. The topological polar surface area (TPSA) is 57.0 Å². The third kappa shape index (κ3) is 19.2. The van der Waals surface area contributed by atoms with E-state index in [-0.39, 0.29) is 111 Å². The molecule has 0 aliphatic heterocycles. The van der Waals surface area contributed by atoms with Gasteiger partial charge in [0.15, 0.2) is 0 Å². The first kappa shape index (κ1) is 42.6. The van der Waals surface area contributed by atoms with Crippen molar-refractivity contribution in [2.24, 2.45) is 0 Å². The van der Waals surface area contributed by atoms with Crippen LogP contribution in [0.25, 0.3) is 0 Å². The molecule has 5 heteroatoms. The summed E-state index contributed by atoms with van der Waals surface area (Å²) in [6, 6.07) is 0. The summed E-state index contributed by atoms with van der Waals surface area (Å²) in [5, 5.41) is 0. The molecule has 0 rings (SSSR count). The second kappa shape index (κ2) is 27.5. The van der Waals surface area contributed by atoms with E-state index in [1.54, 1.807) is 0 Å². The molecule has 0 fully saturated rings. The molecular weight excluding hydrogens is 308 g/mol. The van der Waals surface area contributed by atoms with Crippen LogP contribution < -0.4 is 0 Å². The Bertz CT molecular complexity index is 15.7. The quantitative estimate of drug-likeness (QED) is 0.547. The Labute approximate surface area is 108 Å². The van der Waals surface area contributed by atoms with Gasteiger partial charge in [-0.3, -0.25) is 0 Å². The predicted octanol–water partition coefficient (Wildman–Crippen LogP) is -0.398. The maximum absolute atomic E-state index is 0. The minimum absolute atomic E-state index is 0. The van der Waals surface area contributed by atoms with Crippen molar-refractivity contribution >= 4 is 48.9 Å². The van der Waals surface area contributed by atoms with Crippen LogP contribution in [0.4, 0.5) is 0 Å². The van der Waals surface area contributed by atoms with Crippen molar-refractivity contribution in [3.63, 3.8) is 0 Å². The van der Waals surface area contributed by atoms with Crippen molar-refractivity contribution < 1.29 is 61.7 Å². The number of hydrogen-bond acceptors (Lipinski definition) is 0. The van der Waals surface area contributed by atoms with Gasteiger partial charge in [0.2, 0.25) is 0 Å². The Morgan fingerprint density at radius 1 is 1.00 bits per heavy atom. The number of hydrogen-bond donors (Lipinski definition) is 0. The molecule has 24 valence electrons. The van der Waals surface area contributed by atoms with E-state index in [1.807, 2.05) is 0 Å². The molecule has 0 radical (unpaired) electrons. The fraction of sp³-hybridized carbons (Fsp3) is 0. The first-order valence-electron chi connectivity index (χ1n) is 0. The standard InChI is InChI=1S/Ba.2O.Ti.Zr.2H/q+2;2*-2;;+4;2*-1. The van der Waals surface area contributed by atoms with Crippen molar-refractivity contribution in [3.8, 4) is 0 Å². The van der Waals surface area contributed by atoms with Gasteiger partial charge in [-0.15, -0.1) is 0 Å². The van der Waals surface area contributed by atoms with E-state index in [0.29, 0.717) is 0 Å². The van der Waals surface area contributed by atoms with Crippen molar-refractivity contribution in [2.75, 3.05) is 0 Å². The maximum Gasteiger partial charge on any atom is 4.00 e. The SMILES string of the molecule is [Ba+2].[H-].[H-].[O-2].[O-2].[Ti].[Zr+4]. The zero-order valence-electron chi connectivity index (χ0n) is 4.52. The fourth-order valence-electron chi connectivity index (χ4n) is 0. The summed E-state index contributed by atoms with van der Waals surface area (Å²) in [4.78, 5) is 0. The van der Waals surface area contributed by atoms with Gasteiger partial charge in [0, 0.05) is 21.7 Å². The van der Waals surface area contributed by atoms with Crippen molar-refractivity contribution in [2.45, 2.75) is 0 Å². The van der Waals surface area contributed by atoms with Gasteiger partial charge in [0.05, 0.1) is 0 Å². The van der Waals surface area contributed by atoms with Crippen LogP contribution in [0, 0.1) is 0 Å². The Hall–Kier alpha value is 3.09. The second-order valence-electron chi connectivity index (χ2n) is 0. The average molecular weight is 310 g/mol. The van der Waals surface area contributed by atoms with Crippen molar-refractivity contribution in [1.82, 2.24) is 0 Å². The van der Waals surface area contributed by atoms with Gasteiger partial charge in [-0.25, -0.2) is 0 Å². The van der Waals surface area contributed by atoms with E-state index >= 15 is 0 Å². The van der Waals surface area contributed by atoms with Crippen LogP contribution in [0.15, 0.2) is 0 Å². The summed E-state index contributed by atoms with van der Waals surface area (Å²) in [5.74, 6) is 0. The molecule has 0 aromatic carbocycles. The van der Waals surface area contributed by atoms with Gasteiger partial charge < -0.3 is 13.8 Å². The van der Waals surface area contributed by atoms with Crippen molar-refractivity contribution in [3.05, 3.63) is 0 Å². The molecule has 0 saturated heterocycles. The normalized spacial score (nSPS) is 0. The molecule has 0 aromatic heterocycles. The van der Waals surface area contributed by atoms with Crippen LogP contribution in [0.1, 0.15) is 2.85 Å². The second-order valence-corrected chi connectivity index (χ2v) is 0. The zero-order valence-corrected chi connectivity index (χ0v) is 11.0. The minimum atomic E-state index is 0. The van der Waals surface area contributed by atoms with E-state index in [1.165, 1.54) is 0 Å². The Morgan fingerprint density at radius 3 is 1.00 bits per heavy atom. The monoisotopic (exact) mass is 310 g/mol. The molecule has 5 heavy (non-hydrogen) atoms. The first-order chi connectivity index (χ1) is 0. The van der Waals surface area contributed by atoms with Gasteiger partial charge in [-0.1, -0.05) is 0 Å². The molecule has 0 saturated carbocycles. The smallest absolute Gasteiger partial charge is 2.00 e. The van der Waals surface area contributed by atoms with Crippen LogP contribution in [0.2, 0.25) is 0 Å². The van der Waals surface area contributed by atoms with Gasteiger partial charge in [0.1, 0.15) is 0 Å². The molecule has 0 amide bonds. The molecule has 0 aromatic rings. The molecule has 0 aliphatic rings. The van der Waals surface area contributed by atoms with E-state index in [2.05, 4.69) is 0 Å². The predicted molar refractivity (Wildman–Crippen MR) is 9.35 cm³/mol. The molecule has 2 nitrogen and oxygen atoms in total. The third-order valence-electron chi connectivity index (χ3n) is 0. The summed E-state index contributed by atoms with van der Waals surface area (Å²) in [6.07, 6.45) is 0. The molecule has 0 heterocycles. The minimum Gasteiger partial charge on any atom is -2.00 e. The summed E-state index contributed by atoms with van der Waals surface area (Å²) < 4.78 is 0. The van der Waals surface area contributed by atoms with E-state index < -0.39 is 0 Å². The average Bonchev–Trinajstić information content (AvgIpc) is 0. The van der Waals surface area contributed by atoms with Crippen LogP contribution >= 0.6 is 0 Å². The summed E-state index contributed by atoms with van der Waals surface area (Å²) in [7, 11) is 0. The Kier molecular flexibility index (Phi) is 235. The largest absolute Gasteiger partial charge is 4.00 e. The molecule has 0 atom stereocenters. The van der Waals surface area contributed by atoms with Crippen LogP contribution in [0.5, 0.6) is 0 Å². The molecule has 0 N–H and O–H groups in total. The third-order valence-corrected chi connectivity index (χ3v) is 0. The molecule has 0 spiro atoms. The molecular formula is H2BaO2TiZr. The van der Waals surface area contributed by atoms with Gasteiger partial charge >= 0.3 is 75.1 Å². The summed E-state index contributed by atoms with van der Waals surface area (Å²) in [6.45, 7) is 0. The van der Waals surface area contributed by atoms with Gasteiger partial charge in [0.25, 0.3) is 0 Å². The Morgan fingerprint density at radius 2 is 1.00 bits per heavy atom. The van der Waals surface area contributed by atoms with E-state index in [4.69, 9.17) is 0 Å². The molecule has 0 bridgehead atoms. The summed E-state index contributed by atoms with van der Waals surface area (Å²) in [5.41, 5.74) is 0. The first-order valence-corrected chi connectivity index (χ1v) is 0. The molecule has 0 aliphatic carbocycles. The van der Waals surface area contributed by atoms with Crippen molar-refractivity contribution in [1.29, 1.82) is 0 Å². The maximum atomic E-state index is 0. The van der Waals surface area contributed by atoms with Crippen LogP contribution in [-0.2, 0) is 58.9 Å².